The zero-order valence-electron chi connectivity index (χ0n) is 9.96. The first-order valence-electron chi connectivity index (χ1n) is 5.47. The van der Waals surface area contributed by atoms with Gasteiger partial charge >= 0.3 is 0 Å². The van der Waals surface area contributed by atoms with Crippen LogP contribution in [0.5, 0.6) is 0 Å². The van der Waals surface area contributed by atoms with Crippen LogP contribution in [-0.2, 0) is 0 Å². The molecule has 1 amide bonds. The number of hydrogen-bond acceptors (Lipinski definition) is 3. The highest BCUT2D eigenvalue weighted by atomic mass is 32.1. The lowest BCUT2D eigenvalue weighted by Crippen LogP contribution is -2.34. The van der Waals surface area contributed by atoms with Gasteiger partial charge in [-0.3, -0.25) is 9.78 Å². The van der Waals surface area contributed by atoms with E-state index in [0.717, 1.165) is 5.39 Å². The minimum Gasteiger partial charge on any atom is -0.392 e. The van der Waals surface area contributed by atoms with Gasteiger partial charge in [0.1, 0.15) is 0 Å². The number of fused-ring (bicyclic) bond motifs is 1. The number of carbonyl (C=O) groups excluding carboxylic acids is 1. The van der Waals surface area contributed by atoms with Crippen molar-refractivity contribution >= 4 is 34.0 Å². The lowest BCUT2D eigenvalue weighted by atomic mass is 10.1. The zero-order chi connectivity index (χ0) is 13.1. The van der Waals surface area contributed by atoms with Gasteiger partial charge in [0.2, 0.25) is 0 Å². The Hall–Kier alpha value is -2.01. The number of benzene rings is 1. The number of nitrogens with zero attached hydrogens (tertiary/aromatic N) is 2. The molecule has 1 heterocycles. The molecule has 0 aliphatic carbocycles. The summed E-state index contributed by atoms with van der Waals surface area (Å²) in [6.45, 7) is 0.261. The Morgan fingerprint density at radius 1 is 1.39 bits per heavy atom. The number of likely N-dealkylation sites (N-methyl/N-ethyl adjacent to an activating group) is 1. The molecule has 0 saturated heterocycles. The molecule has 0 bridgehead atoms. The number of carbonyl (C=O) groups is 1. The average molecular weight is 259 g/mol. The number of pyridine rings is 1. The maximum atomic E-state index is 12.3. The third kappa shape index (κ3) is 2.46. The van der Waals surface area contributed by atoms with E-state index in [1.165, 1.54) is 4.90 Å². The van der Waals surface area contributed by atoms with E-state index in [9.17, 15) is 4.79 Å². The molecule has 0 aliphatic heterocycles. The maximum absolute atomic E-state index is 12.3. The molecule has 2 N–H and O–H groups in total. The van der Waals surface area contributed by atoms with E-state index in [0.29, 0.717) is 16.1 Å². The standard InChI is InChI=1S/C13H13N3OS/c1-16(8-11(14)18)13(17)10-6-2-4-9-5-3-7-15-12(9)10/h2-7H,8H2,1H3,(H2,14,18). The van der Waals surface area contributed by atoms with Gasteiger partial charge in [-0.25, -0.2) is 0 Å². The quantitative estimate of drug-likeness (QED) is 0.850. The fourth-order valence-corrected chi connectivity index (χ4v) is 1.98. The van der Waals surface area contributed by atoms with Crippen molar-refractivity contribution in [2.45, 2.75) is 0 Å². The number of nitrogens with two attached hydrogens (primary N) is 1. The van der Waals surface area contributed by atoms with Crippen LogP contribution in [-0.4, -0.2) is 34.4 Å². The first-order valence-corrected chi connectivity index (χ1v) is 5.88. The summed E-state index contributed by atoms with van der Waals surface area (Å²) >= 11 is 4.81. The number of amides is 1. The second-order valence-corrected chi connectivity index (χ2v) is 4.53. The molecule has 1 aromatic heterocycles. The van der Waals surface area contributed by atoms with E-state index >= 15 is 0 Å². The van der Waals surface area contributed by atoms with E-state index in [2.05, 4.69) is 4.98 Å². The van der Waals surface area contributed by atoms with Crippen LogP contribution in [0.2, 0.25) is 0 Å². The number of aromatic nitrogens is 1. The highest BCUT2D eigenvalue weighted by Crippen LogP contribution is 2.17. The van der Waals surface area contributed by atoms with Gasteiger partial charge in [0.05, 0.1) is 22.6 Å². The van der Waals surface area contributed by atoms with Gasteiger partial charge in [0.15, 0.2) is 0 Å². The molecule has 1 aromatic carbocycles. The smallest absolute Gasteiger partial charge is 0.256 e. The molecule has 2 rings (SSSR count). The SMILES string of the molecule is CN(CC(N)=S)C(=O)c1cccc2cccnc12. The van der Waals surface area contributed by atoms with Crippen LogP contribution < -0.4 is 5.73 Å². The minimum absolute atomic E-state index is 0.132. The molecule has 0 spiro atoms. The van der Waals surface area contributed by atoms with E-state index in [1.807, 2.05) is 24.3 Å². The van der Waals surface area contributed by atoms with Gasteiger partial charge in [0.25, 0.3) is 5.91 Å². The monoisotopic (exact) mass is 259 g/mol. The Balaban J connectivity index is 2.42. The lowest BCUT2D eigenvalue weighted by Gasteiger charge is -2.16. The highest BCUT2D eigenvalue weighted by Gasteiger charge is 2.15. The maximum Gasteiger partial charge on any atom is 0.256 e. The van der Waals surface area contributed by atoms with Crippen molar-refractivity contribution in [2.24, 2.45) is 5.73 Å². The van der Waals surface area contributed by atoms with Gasteiger partial charge in [-0.05, 0) is 12.1 Å². The molecule has 0 radical (unpaired) electrons. The Morgan fingerprint density at radius 3 is 2.83 bits per heavy atom. The van der Waals surface area contributed by atoms with E-state index < -0.39 is 0 Å². The summed E-state index contributed by atoms with van der Waals surface area (Å²) in [5, 5.41) is 0.937. The minimum atomic E-state index is -0.132. The van der Waals surface area contributed by atoms with Crippen molar-refractivity contribution in [2.75, 3.05) is 13.6 Å². The van der Waals surface area contributed by atoms with Crippen LogP contribution in [0.1, 0.15) is 10.4 Å². The molecular formula is C13H13N3OS. The van der Waals surface area contributed by atoms with E-state index in [1.54, 1.807) is 19.3 Å². The van der Waals surface area contributed by atoms with Crippen LogP contribution in [0.25, 0.3) is 10.9 Å². The number of thiocarbonyl (C=S) groups is 1. The zero-order valence-corrected chi connectivity index (χ0v) is 10.8. The summed E-state index contributed by atoms with van der Waals surface area (Å²) in [4.78, 5) is 18.3. The van der Waals surface area contributed by atoms with Crippen molar-refractivity contribution in [3.05, 3.63) is 42.1 Å². The Kier molecular flexibility index (Phi) is 3.53. The second kappa shape index (κ2) is 5.10. The third-order valence-electron chi connectivity index (χ3n) is 2.60. The van der Waals surface area contributed by atoms with Gasteiger partial charge in [-0.2, -0.15) is 0 Å². The van der Waals surface area contributed by atoms with Crippen LogP contribution in [0.15, 0.2) is 36.5 Å². The Bertz CT molecular complexity index is 607. The van der Waals surface area contributed by atoms with Gasteiger partial charge in [0, 0.05) is 18.6 Å². The van der Waals surface area contributed by atoms with Gasteiger partial charge in [-0.1, -0.05) is 30.4 Å². The Morgan fingerprint density at radius 2 is 2.11 bits per heavy atom. The van der Waals surface area contributed by atoms with Crippen molar-refractivity contribution in [3.8, 4) is 0 Å². The molecule has 0 atom stereocenters. The first-order chi connectivity index (χ1) is 8.59. The first kappa shape index (κ1) is 12.4. The molecule has 0 aliphatic rings. The van der Waals surface area contributed by atoms with Crippen LogP contribution in [0.3, 0.4) is 0 Å². The summed E-state index contributed by atoms with van der Waals surface area (Å²) in [5.74, 6) is -0.132. The van der Waals surface area contributed by atoms with Crippen molar-refractivity contribution < 1.29 is 4.79 Å². The molecule has 0 fully saturated rings. The lowest BCUT2D eigenvalue weighted by molar-refractivity contribution is 0.0817. The normalized spacial score (nSPS) is 10.3. The number of rotatable bonds is 3. The molecule has 5 heteroatoms. The van der Waals surface area contributed by atoms with Crippen LogP contribution in [0, 0.1) is 0 Å². The van der Waals surface area contributed by atoms with E-state index in [4.69, 9.17) is 18.0 Å². The molecule has 2 aromatic rings. The van der Waals surface area contributed by atoms with Gasteiger partial charge < -0.3 is 10.6 Å². The molecule has 0 saturated carbocycles. The van der Waals surface area contributed by atoms with Crippen LogP contribution in [0.4, 0.5) is 0 Å². The number of para-hydroxylation sites is 1. The average Bonchev–Trinajstić information content (AvgIpc) is 2.36. The largest absolute Gasteiger partial charge is 0.392 e. The van der Waals surface area contributed by atoms with E-state index in [-0.39, 0.29) is 12.5 Å². The van der Waals surface area contributed by atoms with Crippen molar-refractivity contribution in [3.63, 3.8) is 0 Å². The number of hydrogen-bond donors (Lipinski definition) is 1. The van der Waals surface area contributed by atoms with Crippen molar-refractivity contribution in [1.82, 2.24) is 9.88 Å². The molecule has 4 nitrogen and oxygen atoms in total. The summed E-state index contributed by atoms with van der Waals surface area (Å²) in [6.07, 6.45) is 1.67. The topological polar surface area (TPSA) is 59.2 Å². The fourth-order valence-electron chi connectivity index (χ4n) is 1.79. The summed E-state index contributed by atoms with van der Waals surface area (Å²) < 4.78 is 0. The van der Waals surface area contributed by atoms with Gasteiger partial charge in [-0.15, -0.1) is 0 Å². The molecular weight excluding hydrogens is 246 g/mol. The molecule has 92 valence electrons. The Labute approximate surface area is 110 Å². The summed E-state index contributed by atoms with van der Waals surface area (Å²) in [5.41, 5.74) is 6.70. The highest BCUT2D eigenvalue weighted by molar-refractivity contribution is 7.80. The van der Waals surface area contributed by atoms with Crippen LogP contribution >= 0.6 is 12.2 Å². The predicted octanol–water partition coefficient (Wildman–Crippen LogP) is 1.59. The summed E-state index contributed by atoms with van der Waals surface area (Å²) in [6, 6.07) is 9.29. The second-order valence-electron chi connectivity index (χ2n) is 4.01. The van der Waals surface area contributed by atoms with Crippen molar-refractivity contribution in [1.29, 1.82) is 0 Å². The molecule has 18 heavy (non-hydrogen) atoms. The third-order valence-corrected chi connectivity index (χ3v) is 2.73. The molecule has 0 unspecified atom stereocenters. The predicted molar refractivity (Wildman–Crippen MR) is 75.5 cm³/mol. The summed E-state index contributed by atoms with van der Waals surface area (Å²) in [7, 11) is 1.67. The fraction of sp³-hybridized carbons (Fsp3) is 0.154.